The maximum absolute atomic E-state index is 12.8. The smallest absolute Gasteiger partial charge is 0.244 e. The minimum Gasteiger partial charge on any atom is -0.487 e. The monoisotopic (exact) mass is 288 g/mol. The Balaban J connectivity index is 1.85. The first-order valence-electron chi connectivity index (χ1n) is 7.83. The number of likely N-dealkylation sites (tertiary alicyclic amines) is 1. The molecule has 1 fully saturated rings. The van der Waals surface area contributed by atoms with Gasteiger partial charge in [0.05, 0.1) is 11.7 Å². The second-order valence-electron chi connectivity index (χ2n) is 6.53. The third-order valence-corrected chi connectivity index (χ3v) is 4.49. The van der Waals surface area contributed by atoms with Gasteiger partial charge in [0.15, 0.2) is 0 Å². The van der Waals surface area contributed by atoms with Crippen molar-refractivity contribution in [3.8, 4) is 5.75 Å². The summed E-state index contributed by atoms with van der Waals surface area (Å²) in [5.74, 6) is 1.67. The SMILES string of the molecule is CC(C)CCN1CC2CC1C(=O)N(C)c1ccccc1O2. The zero-order chi connectivity index (χ0) is 15.0. The van der Waals surface area contributed by atoms with Gasteiger partial charge in [-0.1, -0.05) is 26.0 Å². The summed E-state index contributed by atoms with van der Waals surface area (Å²) < 4.78 is 6.15. The number of rotatable bonds is 3. The molecule has 2 bridgehead atoms. The van der Waals surface area contributed by atoms with Crippen LogP contribution in [0.25, 0.3) is 0 Å². The number of nitrogens with zero attached hydrogens (tertiary/aromatic N) is 2. The third kappa shape index (κ3) is 2.77. The van der Waals surface area contributed by atoms with Crippen molar-refractivity contribution in [3.63, 3.8) is 0 Å². The number of carbonyl (C=O) groups excluding carboxylic acids is 1. The minimum atomic E-state index is -0.0351. The van der Waals surface area contributed by atoms with Gasteiger partial charge in [0, 0.05) is 20.0 Å². The molecular weight excluding hydrogens is 264 g/mol. The summed E-state index contributed by atoms with van der Waals surface area (Å²) in [6.07, 6.45) is 2.05. The molecule has 0 aliphatic carbocycles. The lowest BCUT2D eigenvalue weighted by Gasteiger charge is -2.29. The van der Waals surface area contributed by atoms with Gasteiger partial charge >= 0.3 is 0 Å². The molecule has 2 aliphatic heterocycles. The molecule has 2 atom stereocenters. The van der Waals surface area contributed by atoms with E-state index in [-0.39, 0.29) is 18.1 Å². The summed E-state index contributed by atoms with van der Waals surface area (Å²) in [6.45, 7) is 6.27. The van der Waals surface area contributed by atoms with Gasteiger partial charge in [0.2, 0.25) is 5.91 Å². The summed E-state index contributed by atoms with van der Waals surface area (Å²) in [5.41, 5.74) is 0.878. The van der Waals surface area contributed by atoms with Crippen LogP contribution in [-0.4, -0.2) is 43.1 Å². The van der Waals surface area contributed by atoms with Crippen molar-refractivity contribution in [3.05, 3.63) is 24.3 Å². The number of hydrogen-bond donors (Lipinski definition) is 0. The number of anilines is 1. The molecule has 0 N–H and O–H groups in total. The molecule has 114 valence electrons. The van der Waals surface area contributed by atoms with Crippen LogP contribution >= 0.6 is 0 Å². The van der Waals surface area contributed by atoms with Crippen LogP contribution in [0.1, 0.15) is 26.7 Å². The highest BCUT2D eigenvalue weighted by Gasteiger charge is 2.41. The highest BCUT2D eigenvalue weighted by atomic mass is 16.5. The average molecular weight is 288 g/mol. The van der Waals surface area contributed by atoms with Gasteiger partial charge in [-0.05, 0) is 31.0 Å². The molecule has 0 aromatic heterocycles. The quantitative estimate of drug-likeness (QED) is 0.857. The second kappa shape index (κ2) is 5.68. The van der Waals surface area contributed by atoms with Crippen molar-refractivity contribution in [2.45, 2.75) is 38.8 Å². The van der Waals surface area contributed by atoms with Gasteiger partial charge in [0.1, 0.15) is 11.9 Å². The Bertz CT molecular complexity index is 529. The van der Waals surface area contributed by atoms with Gasteiger partial charge in [-0.3, -0.25) is 9.69 Å². The molecule has 0 radical (unpaired) electrons. The van der Waals surface area contributed by atoms with Crippen LogP contribution in [0.2, 0.25) is 0 Å². The van der Waals surface area contributed by atoms with E-state index in [1.165, 1.54) is 0 Å². The van der Waals surface area contributed by atoms with Gasteiger partial charge < -0.3 is 9.64 Å². The van der Waals surface area contributed by atoms with Gasteiger partial charge in [-0.15, -0.1) is 0 Å². The Kier molecular flexibility index (Phi) is 3.89. The first-order valence-corrected chi connectivity index (χ1v) is 7.83. The number of carbonyl (C=O) groups is 1. The van der Waals surface area contributed by atoms with Gasteiger partial charge in [-0.25, -0.2) is 0 Å². The van der Waals surface area contributed by atoms with Crippen LogP contribution < -0.4 is 9.64 Å². The Morgan fingerprint density at radius 2 is 2.10 bits per heavy atom. The number of amides is 1. The maximum Gasteiger partial charge on any atom is 0.244 e. The molecule has 4 nitrogen and oxygen atoms in total. The second-order valence-corrected chi connectivity index (χ2v) is 6.53. The number of ether oxygens (including phenoxy) is 1. The Labute approximate surface area is 126 Å². The standard InChI is InChI=1S/C17H24N2O2/c1-12(2)8-9-19-11-13-10-15(19)17(20)18(3)14-6-4-5-7-16(14)21-13/h4-7,12-13,15H,8-11H2,1-3H3. The largest absolute Gasteiger partial charge is 0.487 e. The lowest BCUT2D eigenvalue weighted by Crippen LogP contribution is -2.44. The fourth-order valence-corrected chi connectivity index (χ4v) is 3.23. The zero-order valence-electron chi connectivity index (χ0n) is 13.1. The van der Waals surface area contributed by atoms with Crippen LogP contribution in [0.4, 0.5) is 5.69 Å². The maximum atomic E-state index is 12.8. The fraction of sp³-hybridized carbons (Fsp3) is 0.588. The number of likely N-dealkylation sites (N-methyl/N-ethyl adjacent to an activating group) is 1. The van der Waals surface area contributed by atoms with E-state index >= 15 is 0 Å². The summed E-state index contributed by atoms with van der Waals surface area (Å²) >= 11 is 0. The first kappa shape index (κ1) is 14.4. The average Bonchev–Trinajstić information content (AvgIpc) is 2.87. The molecule has 0 saturated carbocycles. The Morgan fingerprint density at radius 1 is 1.33 bits per heavy atom. The topological polar surface area (TPSA) is 32.8 Å². The fourth-order valence-electron chi connectivity index (χ4n) is 3.23. The highest BCUT2D eigenvalue weighted by Crippen LogP contribution is 2.35. The number of fused-ring (bicyclic) bond motifs is 3. The molecule has 2 aliphatic rings. The van der Waals surface area contributed by atoms with Crippen LogP contribution in [0.5, 0.6) is 5.75 Å². The molecular formula is C17H24N2O2. The van der Waals surface area contributed by atoms with Crippen molar-refractivity contribution in [2.75, 3.05) is 25.0 Å². The Hall–Kier alpha value is -1.55. The minimum absolute atomic E-state index is 0.0351. The summed E-state index contributed by atoms with van der Waals surface area (Å²) in [7, 11) is 1.85. The molecule has 2 unspecified atom stereocenters. The Morgan fingerprint density at radius 3 is 2.86 bits per heavy atom. The highest BCUT2D eigenvalue weighted by molar-refractivity contribution is 5.98. The third-order valence-electron chi connectivity index (χ3n) is 4.49. The summed E-state index contributed by atoms with van der Waals surface area (Å²) in [6, 6.07) is 7.78. The number of benzene rings is 1. The van der Waals surface area contributed by atoms with Crippen LogP contribution in [0.15, 0.2) is 24.3 Å². The lowest BCUT2D eigenvalue weighted by molar-refractivity contribution is -0.122. The zero-order valence-corrected chi connectivity index (χ0v) is 13.1. The van der Waals surface area contributed by atoms with Crippen molar-refractivity contribution < 1.29 is 9.53 Å². The molecule has 1 saturated heterocycles. The van der Waals surface area contributed by atoms with Crippen molar-refractivity contribution >= 4 is 11.6 Å². The normalized spacial score (nSPS) is 25.5. The van der Waals surface area contributed by atoms with Gasteiger partial charge in [0.25, 0.3) is 0 Å². The van der Waals surface area contributed by atoms with E-state index in [4.69, 9.17) is 4.74 Å². The number of para-hydroxylation sites is 2. The first-order chi connectivity index (χ1) is 10.1. The molecule has 21 heavy (non-hydrogen) atoms. The number of hydrogen-bond acceptors (Lipinski definition) is 3. The van der Waals surface area contributed by atoms with E-state index in [9.17, 15) is 4.79 Å². The lowest BCUT2D eigenvalue weighted by atomic mass is 10.1. The molecule has 1 amide bonds. The molecule has 2 heterocycles. The summed E-state index contributed by atoms with van der Waals surface area (Å²) in [5, 5.41) is 0. The molecule has 3 rings (SSSR count). The van der Waals surface area contributed by atoms with E-state index in [1.54, 1.807) is 4.90 Å². The predicted octanol–water partition coefficient (Wildman–Crippen LogP) is 2.53. The van der Waals surface area contributed by atoms with Gasteiger partial charge in [-0.2, -0.15) is 0 Å². The van der Waals surface area contributed by atoms with Crippen LogP contribution in [-0.2, 0) is 4.79 Å². The van der Waals surface area contributed by atoms with E-state index in [0.717, 1.165) is 37.4 Å². The van der Waals surface area contributed by atoms with E-state index in [1.807, 2.05) is 31.3 Å². The van der Waals surface area contributed by atoms with Crippen molar-refractivity contribution in [1.82, 2.24) is 4.90 Å². The van der Waals surface area contributed by atoms with E-state index in [0.29, 0.717) is 5.92 Å². The van der Waals surface area contributed by atoms with Crippen molar-refractivity contribution in [2.24, 2.45) is 5.92 Å². The van der Waals surface area contributed by atoms with E-state index in [2.05, 4.69) is 18.7 Å². The van der Waals surface area contributed by atoms with E-state index < -0.39 is 0 Å². The van der Waals surface area contributed by atoms with Crippen molar-refractivity contribution in [1.29, 1.82) is 0 Å². The predicted molar refractivity (Wildman–Crippen MR) is 83.7 cm³/mol. The molecule has 1 aromatic rings. The molecule has 4 heteroatoms. The molecule has 0 spiro atoms. The van der Waals surface area contributed by atoms with Crippen LogP contribution in [0, 0.1) is 5.92 Å². The van der Waals surface area contributed by atoms with Crippen LogP contribution in [0.3, 0.4) is 0 Å². The molecule has 1 aromatic carbocycles. The summed E-state index contributed by atoms with van der Waals surface area (Å²) in [4.78, 5) is 16.9.